The molecule has 6 heteroatoms. The largest absolute Gasteiger partial charge is 0.352 e. The van der Waals surface area contributed by atoms with Gasteiger partial charge in [0.25, 0.3) is 0 Å². The number of nitrogens with zero attached hydrogens (tertiary/aromatic N) is 1. The molecule has 0 aromatic heterocycles. The van der Waals surface area contributed by atoms with Crippen molar-refractivity contribution in [3.63, 3.8) is 0 Å². The first-order chi connectivity index (χ1) is 16.4. The molecule has 1 saturated heterocycles. The number of carbonyl (C=O) groups is 3. The Bertz CT molecular complexity index is 1410. The number of Topliss-reactive ketones (excluding diaryl/α,β-unsaturated/α-hetero) is 3. The fourth-order valence-electron chi connectivity index (χ4n) is 6.17. The van der Waals surface area contributed by atoms with Gasteiger partial charge in [0.15, 0.2) is 17.3 Å². The van der Waals surface area contributed by atoms with Gasteiger partial charge in [-0.1, -0.05) is 54.6 Å². The molecule has 0 unspecified atom stereocenters. The smallest absolute Gasteiger partial charge is 0.180 e. The molecule has 6 rings (SSSR count). The van der Waals surface area contributed by atoms with Crippen LogP contribution in [0.1, 0.15) is 44.7 Å². The van der Waals surface area contributed by atoms with E-state index in [4.69, 9.17) is 0 Å². The normalized spacial score (nSPS) is 23.7. The molecule has 0 radical (unpaired) electrons. The Morgan fingerprint density at radius 3 is 2.21 bits per heavy atom. The number of ketones is 3. The van der Waals surface area contributed by atoms with E-state index in [1.54, 1.807) is 53.5 Å². The predicted molar refractivity (Wildman–Crippen MR) is 123 cm³/mol. The molecule has 2 aliphatic heterocycles. The summed E-state index contributed by atoms with van der Waals surface area (Å²) >= 11 is 0. The molecular formula is C28H19F2NO3. The summed E-state index contributed by atoms with van der Waals surface area (Å²) in [4.78, 5) is 43.2. The van der Waals surface area contributed by atoms with Crippen molar-refractivity contribution in [3.8, 4) is 0 Å². The highest BCUT2D eigenvalue weighted by atomic mass is 19.1. The van der Waals surface area contributed by atoms with Crippen LogP contribution < -0.4 is 4.90 Å². The van der Waals surface area contributed by atoms with Gasteiger partial charge in [0.05, 0.1) is 12.1 Å². The summed E-state index contributed by atoms with van der Waals surface area (Å²) in [5.41, 5.74) is 0.0208. The maximum absolute atomic E-state index is 15.3. The number of benzene rings is 3. The third-order valence-corrected chi connectivity index (χ3v) is 7.42. The minimum Gasteiger partial charge on any atom is -0.352 e. The van der Waals surface area contributed by atoms with Gasteiger partial charge < -0.3 is 4.90 Å². The fourth-order valence-corrected chi connectivity index (χ4v) is 6.17. The highest BCUT2D eigenvalue weighted by molar-refractivity contribution is 6.32. The van der Waals surface area contributed by atoms with Crippen LogP contribution in [-0.4, -0.2) is 29.4 Å². The molecule has 1 fully saturated rings. The van der Waals surface area contributed by atoms with Crippen LogP contribution in [-0.2, 0) is 4.79 Å². The van der Waals surface area contributed by atoms with E-state index in [0.29, 0.717) is 11.3 Å². The summed E-state index contributed by atoms with van der Waals surface area (Å²) in [5, 5.41) is 0. The molecule has 0 N–H and O–H groups in total. The Morgan fingerprint density at radius 2 is 1.56 bits per heavy atom. The summed E-state index contributed by atoms with van der Waals surface area (Å²) in [6, 6.07) is 14.9. The number of fused-ring (bicyclic) bond motifs is 5. The van der Waals surface area contributed by atoms with Crippen molar-refractivity contribution >= 4 is 29.1 Å². The lowest BCUT2D eigenvalue weighted by Crippen LogP contribution is -2.48. The Balaban J connectivity index is 1.70. The molecule has 1 aliphatic carbocycles. The van der Waals surface area contributed by atoms with Gasteiger partial charge >= 0.3 is 0 Å². The summed E-state index contributed by atoms with van der Waals surface area (Å²) in [7, 11) is 0. The van der Waals surface area contributed by atoms with Crippen molar-refractivity contribution in [3.05, 3.63) is 107 Å². The van der Waals surface area contributed by atoms with E-state index in [-0.39, 0.29) is 22.5 Å². The van der Waals surface area contributed by atoms with E-state index in [0.717, 1.165) is 0 Å². The van der Waals surface area contributed by atoms with Gasteiger partial charge in [-0.15, -0.1) is 0 Å². The highest BCUT2D eigenvalue weighted by Gasteiger charge is 2.71. The monoisotopic (exact) mass is 455 g/mol. The van der Waals surface area contributed by atoms with Crippen LogP contribution in [0.15, 0.2) is 72.8 Å². The summed E-state index contributed by atoms with van der Waals surface area (Å²) < 4.78 is 29.3. The first-order valence-electron chi connectivity index (χ1n) is 11.1. The zero-order chi connectivity index (χ0) is 23.8. The number of rotatable bonds is 2. The second-order valence-corrected chi connectivity index (χ2v) is 9.04. The van der Waals surface area contributed by atoms with Gasteiger partial charge in [0, 0.05) is 28.3 Å². The first kappa shape index (κ1) is 20.7. The zero-order valence-electron chi connectivity index (χ0n) is 18.2. The zero-order valence-corrected chi connectivity index (χ0v) is 18.2. The van der Waals surface area contributed by atoms with Gasteiger partial charge in [-0.3, -0.25) is 14.4 Å². The van der Waals surface area contributed by atoms with Crippen molar-refractivity contribution in [2.24, 2.45) is 5.41 Å². The summed E-state index contributed by atoms with van der Waals surface area (Å²) in [6.07, 6.45) is 3.35. The van der Waals surface area contributed by atoms with Crippen LogP contribution in [0, 0.1) is 17.0 Å². The van der Waals surface area contributed by atoms with Crippen LogP contribution in [0.25, 0.3) is 6.08 Å². The maximum atomic E-state index is 15.3. The quantitative estimate of drug-likeness (QED) is 0.511. The standard InChI is InChI=1S/C28H19F2NO3/c1-15(32)25-24(20-8-4-5-9-21(20)30)28(26(33)18-6-2-3-7-19(18)27(28)34)23-13-10-16-14-17(29)11-12-22(16)31(23)25/h2-14,23-25H,1H3/t23-,24-,25+/m1/s1. The Morgan fingerprint density at radius 1 is 0.912 bits per heavy atom. The number of hydrogen-bond donors (Lipinski definition) is 0. The van der Waals surface area contributed by atoms with Crippen LogP contribution in [0.3, 0.4) is 0 Å². The van der Waals surface area contributed by atoms with Crippen molar-refractivity contribution < 1.29 is 23.2 Å². The maximum Gasteiger partial charge on any atom is 0.180 e. The third kappa shape index (κ3) is 2.43. The van der Waals surface area contributed by atoms with Gasteiger partial charge in [-0.25, -0.2) is 8.78 Å². The van der Waals surface area contributed by atoms with Crippen LogP contribution in [0.4, 0.5) is 14.5 Å². The van der Waals surface area contributed by atoms with Gasteiger partial charge in [0.1, 0.15) is 17.0 Å². The molecule has 0 saturated carbocycles. The molecule has 1 spiro atoms. The van der Waals surface area contributed by atoms with Gasteiger partial charge in [0.2, 0.25) is 0 Å². The molecule has 4 nitrogen and oxygen atoms in total. The van der Waals surface area contributed by atoms with Crippen LogP contribution in [0.5, 0.6) is 0 Å². The molecule has 3 aliphatic rings. The third-order valence-electron chi connectivity index (χ3n) is 7.42. The molecule has 34 heavy (non-hydrogen) atoms. The fraction of sp³-hybridized carbons (Fsp3) is 0.179. The lowest BCUT2D eigenvalue weighted by Gasteiger charge is -2.37. The first-order valence-corrected chi connectivity index (χ1v) is 11.1. The number of halogens is 2. The van der Waals surface area contributed by atoms with Crippen molar-refractivity contribution in [2.75, 3.05) is 4.90 Å². The number of anilines is 1. The molecule has 3 atom stereocenters. The average Bonchev–Trinajstić information content (AvgIpc) is 3.26. The average molecular weight is 455 g/mol. The second kappa shape index (κ2) is 7.03. The van der Waals surface area contributed by atoms with E-state index in [2.05, 4.69) is 0 Å². The van der Waals surface area contributed by atoms with Crippen LogP contribution in [0.2, 0.25) is 0 Å². The lowest BCUT2D eigenvalue weighted by molar-refractivity contribution is -0.118. The van der Waals surface area contributed by atoms with Crippen molar-refractivity contribution in [2.45, 2.75) is 24.9 Å². The second-order valence-electron chi connectivity index (χ2n) is 9.04. The highest BCUT2D eigenvalue weighted by Crippen LogP contribution is 2.60. The SMILES string of the molecule is CC(=O)[C@H]1[C@@H](c2ccccc2F)C2(C(=O)c3ccccc3C2=O)[C@H]2C=Cc3cc(F)ccc3N12. The number of carbonyl (C=O) groups excluding carboxylic acids is 3. The van der Waals surface area contributed by atoms with E-state index in [1.165, 1.54) is 37.3 Å². The summed E-state index contributed by atoms with van der Waals surface area (Å²) in [5.74, 6) is -3.24. The van der Waals surface area contributed by atoms with Gasteiger partial charge in [-0.2, -0.15) is 0 Å². The molecular weight excluding hydrogens is 436 g/mol. The van der Waals surface area contributed by atoms with Crippen molar-refractivity contribution in [1.82, 2.24) is 0 Å². The Labute approximate surface area is 194 Å². The molecule has 2 heterocycles. The molecule has 168 valence electrons. The molecule has 3 aromatic rings. The minimum atomic E-state index is -1.73. The molecule has 0 amide bonds. The van der Waals surface area contributed by atoms with Gasteiger partial charge in [-0.05, 0) is 36.8 Å². The molecule has 0 bridgehead atoms. The summed E-state index contributed by atoms with van der Waals surface area (Å²) in [6.45, 7) is 1.38. The van der Waals surface area contributed by atoms with E-state index in [9.17, 15) is 18.8 Å². The van der Waals surface area contributed by atoms with E-state index < -0.39 is 46.6 Å². The topological polar surface area (TPSA) is 54.5 Å². The lowest BCUT2D eigenvalue weighted by atomic mass is 9.64. The van der Waals surface area contributed by atoms with Crippen molar-refractivity contribution in [1.29, 1.82) is 0 Å². The molecule has 3 aromatic carbocycles. The number of hydrogen-bond acceptors (Lipinski definition) is 4. The van der Waals surface area contributed by atoms with E-state index >= 15 is 4.39 Å². The Kier molecular flexibility index (Phi) is 4.27. The predicted octanol–water partition coefficient (Wildman–Crippen LogP) is 4.99. The van der Waals surface area contributed by atoms with Crippen LogP contribution >= 0.6 is 0 Å². The minimum absolute atomic E-state index is 0.142. The Hall–Kier alpha value is -3.93. The van der Waals surface area contributed by atoms with E-state index in [1.807, 2.05) is 0 Å².